The number of hydrogen-bond acceptors (Lipinski definition) is 3. The standard InChI is InChI=1S/C11H14F2N2O2/c1-17-6-8(5-14)15-11(16)9-4-7(12)2-3-10(9)13/h2-4,8H,5-6,14H2,1H3,(H,15,16). The van der Waals surface area contributed by atoms with Gasteiger partial charge in [-0.25, -0.2) is 8.78 Å². The number of benzene rings is 1. The van der Waals surface area contributed by atoms with Crippen LogP contribution in [0.15, 0.2) is 18.2 Å². The molecule has 17 heavy (non-hydrogen) atoms. The maximum Gasteiger partial charge on any atom is 0.254 e. The van der Waals surface area contributed by atoms with Gasteiger partial charge in [0.05, 0.1) is 18.2 Å². The smallest absolute Gasteiger partial charge is 0.254 e. The van der Waals surface area contributed by atoms with Gasteiger partial charge in [-0.3, -0.25) is 4.79 Å². The first kappa shape index (κ1) is 13.5. The number of nitrogens with two attached hydrogens (primary N) is 1. The van der Waals surface area contributed by atoms with Crippen molar-refractivity contribution in [1.29, 1.82) is 0 Å². The molecule has 1 atom stereocenters. The van der Waals surface area contributed by atoms with Crippen LogP contribution < -0.4 is 11.1 Å². The molecule has 0 fully saturated rings. The van der Waals surface area contributed by atoms with Crippen LogP contribution in [0, 0.1) is 11.6 Å². The number of nitrogens with one attached hydrogen (secondary N) is 1. The Labute approximate surface area is 97.8 Å². The summed E-state index contributed by atoms with van der Waals surface area (Å²) in [4.78, 5) is 11.6. The summed E-state index contributed by atoms with van der Waals surface area (Å²) >= 11 is 0. The Morgan fingerprint density at radius 1 is 1.53 bits per heavy atom. The number of methoxy groups -OCH3 is 1. The second kappa shape index (κ2) is 6.27. The van der Waals surface area contributed by atoms with Gasteiger partial charge in [0.1, 0.15) is 11.6 Å². The van der Waals surface area contributed by atoms with Crippen LogP contribution in [0.25, 0.3) is 0 Å². The van der Waals surface area contributed by atoms with Crippen molar-refractivity contribution in [3.8, 4) is 0 Å². The second-order valence-corrected chi connectivity index (χ2v) is 3.49. The molecule has 4 nitrogen and oxygen atoms in total. The summed E-state index contributed by atoms with van der Waals surface area (Å²) < 4.78 is 31.0. The molecule has 1 unspecified atom stereocenters. The lowest BCUT2D eigenvalue weighted by Crippen LogP contribution is -2.43. The van der Waals surface area contributed by atoms with E-state index in [1.807, 2.05) is 0 Å². The predicted molar refractivity (Wildman–Crippen MR) is 58.5 cm³/mol. The molecule has 0 radical (unpaired) electrons. The molecule has 94 valence electrons. The molecule has 1 amide bonds. The third-order valence-electron chi connectivity index (χ3n) is 2.16. The molecular formula is C11H14F2N2O2. The van der Waals surface area contributed by atoms with Crippen LogP contribution in [0.3, 0.4) is 0 Å². The molecule has 3 N–H and O–H groups in total. The molecule has 1 aromatic rings. The largest absolute Gasteiger partial charge is 0.383 e. The molecule has 6 heteroatoms. The van der Waals surface area contributed by atoms with Crippen molar-refractivity contribution >= 4 is 5.91 Å². The quantitative estimate of drug-likeness (QED) is 0.800. The fourth-order valence-corrected chi connectivity index (χ4v) is 1.30. The van der Waals surface area contributed by atoms with E-state index in [0.29, 0.717) is 0 Å². The maximum atomic E-state index is 13.3. The molecule has 0 bridgehead atoms. The summed E-state index contributed by atoms with van der Waals surface area (Å²) in [5, 5.41) is 2.46. The minimum atomic E-state index is -0.780. The molecule has 1 aromatic carbocycles. The van der Waals surface area contributed by atoms with Crippen LogP contribution in [0.2, 0.25) is 0 Å². The fraction of sp³-hybridized carbons (Fsp3) is 0.364. The van der Waals surface area contributed by atoms with E-state index in [1.54, 1.807) is 0 Å². The van der Waals surface area contributed by atoms with Gasteiger partial charge in [-0.2, -0.15) is 0 Å². The average Bonchev–Trinajstić information content (AvgIpc) is 2.31. The number of amides is 1. The van der Waals surface area contributed by atoms with E-state index in [1.165, 1.54) is 7.11 Å². The van der Waals surface area contributed by atoms with Gasteiger partial charge in [-0.05, 0) is 18.2 Å². The first-order valence-corrected chi connectivity index (χ1v) is 5.03. The Balaban J connectivity index is 2.78. The molecule has 0 aromatic heterocycles. The summed E-state index contributed by atoms with van der Waals surface area (Å²) in [7, 11) is 1.46. The molecule has 0 heterocycles. The zero-order valence-electron chi connectivity index (χ0n) is 9.37. The lowest BCUT2D eigenvalue weighted by molar-refractivity contribution is 0.0896. The molecule has 0 saturated heterocycles. The van der Waals surface area contributed by atoms with Crippen molar-refractivity contribution in [2.45, 2.75) is 6.04 Å². The third-order valence-corrected chi connectivity index (χ3v) is 2.16. The van der Waals surface area contributed by atoms with Crippen molar-refractivity contribution in [2.24, 2.45) is 5.73 Å². The maximum absolute atomic E-state index is 13.3. The zero-order valence-corrected chi connectivity index (χ0v) is 9.37. The number of hydrogen-bond donors (Lipinski definition) is 2. The van der Waals surface area contributed by atoms with Gasteiger partial charge >= 0.3 is 0 Å². The van der Waals surface area contributed by atoms with Gasteiger partial charge in [-0.15, -0.1) is 0 Å². The highest BCUT2D eigenvalue weighted by Gasteiger charge is 2.16. The van der Waals surface area contributed by atoms with Crippen LogP contribution in [0.1, 0.15) is 10.4 Å². The highest BCUT2D eigenvalue weighted by Crippen LogP contribution is 2.09. The molecule has 0 aliphatic carbocycles. The summed E-state index contributed by atoms with van der Waals surface area (Å²) in [6.45, 7) is 0.357. The molecule has 1 rings (SSSR count). The monoisotopic (exact) mass is 244 g/mol. The predicted octanol–water partition coefficient (Wildman–Crippen LogP) is 0.668. The third kappa shape index (κ3) is 3.76. The molecule has 0 aliphatic rings. The number of carbonyl (C=O) groups is 1. The minimum absolute atomic E-state index is 0.149. The highest BCUT2D eigenvalue weighted by molar-refractivity contribution is 5.94. The van der Waals surface area contributed by atoms with E-state index in [-0.39, 0.29) is 18.7 Å². The van der Waals surface area contributed by atoms with E-state index in [2.05, 4.69) is 5.32 Å². The van der Waals surface area contributed by atoms with Crippen molar-refractivity contribution in [2.75, 3.05) is 20.3 Å². The Kier molecular flexibility index (Phi) is 4.99. The van der Waals surface area contributed by atoms with Gasteiger partial charge in [0, 0.05) is 13.7 Å². The van der Waals surface area contributed by atoms with E-state index in [4.69, 9.17) is 10.5 Å². The summed E-state index contributed by atoms with van der Waals surface area (Å²) in [6, 6.07) is 2.25. The number of rotatable bonds is 5. The van der Waals surface area contributed by atoms with Crippen molar-refractivity contribution < 1.29 is 18.3 Å². The number of halogens is 2. The van der Waals surface area contributed by atoms with E-state index in [9.17, 15) is 13.6 Å². The summed E-state index contributed by atoms with van der Waals surface area (Å²) in [5.74, 6) is -2.17. The van der Waals surface area contributed by atoms with Crippen LogP contribution in [-0.2, 0) is 4.74 Å². The van der Waals surface area contributed by atoms with E-state index in [0.717, 1.165) is 18.2 Å². The fourth-order valence-electron chi connectivity index (χ4n) is 1.30. The average molecular weight is 244 g/mol. The SMILES string of the molecule is COCC(CN)NC(=O)c1cc(F)ccc1F. The van der Waals surface area contributed by atoms with Crippen LogP contribution in [0.4, 0.5) is 8.78 Å². The molecular weight excluding hydrogens is 230 g/mol. The van der Waals surface area contributed by atoms with Crippen molar-refractivity contribution in [3.63, 3.8) is 0 Å². The normalized spacial score (nSPS) is 12.2. The van der Waals surface area contributed by atoms with Gasteiger partial charge in [0.2, 0.25) is 0 Å². The van der Waals surface area contributed by atoms with Crippen LogP contribution in [0.5, 0.6) is 0 Å². The van der Waals surface area contributed by atoms with Crippen LogP contribution >= 0.6 is 0 Å². The Bertz CT molecular complexity index is 399. The van der Waals surface area contributed by atoms with Crippen molar-refractivity contribution in [3.05, 3.63) is 35.4 Å². The summed E-state index contributed by atoms with van der Waals surface area (Å²) in [6.07, 6.45) is 0. The van der Waals surface area contributed by atoms with Gasteiger partial charge in [-0.1, -0.05) is 0 Å². The Hall–Kier alpha value is -1.53. The lowest BCUT2D eigenvalue weighted by Gasteiger charge is -2.15. The Morgan fingerprint density at radius 2 is 2.24 bits per heavy atom. The minimum Gasteiger partial charge on any atom is -0.383 e. The second-order valence-electron chi connectivity index (χ2n) is 3.49. The number of ether oxygens (including phenoxy) is 1. The molecule has 0 spiro atoms. The topological polar surface area (TPSA) is 64.3 Å². The van der Waals surface area contributed by atoms with Crippen molar-refractivity contribution in [1.82, 2.24) is 5.32 Å². The highest BCUT2D eigenvalue weighted by atomic mass is 19.1. The lowest BCUT2D eigenvalue weighted by atomic mass is 10.1. The number of carbonyl (C=O) groups excluding carboxylic acids is 1. The molecule has 0 aliphatic heterocycles. The first-order chi connectivity index (χ1) is 8.08. The van der Waals surface area contributed by atoms with Gasteiger partial charge in [0.25, 0.3) is 5.91 Å². The van der Waals surface area contributed by atoms with Gasteiger partial charge in [0.15, 0.2) is 0 Å². The zero-order chi connectivity index (χ0) is 12.8. The van der Waals surface area contributed by atoms with Crippen LogP contribution in [-0.4, -0.2) is 32.2 Å². The Morgan fingerprint density at radius 3 is 2.82 bits per heavy atom. The summed E-state index contributed by atoms with van der Waals surface area (Å²) in [5.41, 5.74) is 5.04. The first-order valence-electron chi connectivity index (χ1n) is 5.03. The molecule has 0 saturated carbocycles. The van der Waals surface area contributed by atoms with Gasteiger partial charge < -0.3 is 15.8 Å². The van der Waals surface area contributed by atoms with E-state index < -0.39 is 23.6 Å². The van der Waals surface area contributed by atoms with E-state index >= 15 is 0 Å².